The molecule has 1 aromatic carbocycles. The summed E-state index contributed by atoms with van der Waals surface area (Å²) in [6.45, 7) is 0.729. The number of nitrogens with one attached hydrogen (secondary N) is 1. The number of ketones is 1. The molecule has 0 atom stereocenters. The second-order valence-electron chi connectivity index (χ2n) is 5.35. The molecule has 2 heterocycles. The van der Waals surface area contributed by atoms with Crippen LogP contribution < -0.4 is 5.32 Å². The fourth-order valence-electron chi connectivity index (χ4n) is 2.53. The van der Waals surface area contributed by atoms with Crippen molar-refractivity contribution in [1.29, 1.82) is 0 Å². The van der Waals surface area contributed by atoms with E-state index in [1.807, 2.05) is 0 Å². The SMILES string of the molecule is CC(=O)c1cnc(Cl)nc1Nc1cccc2cn(CC(F)F)c(O)c12. The molecule has 25 heavy (non-hydrogen) atoms. The third-order valence-corrected chi connectivity index (χ3v) is 3.80. The standard InChI is InChI=1S/C16H13ClF2N4O2/c1-8(24)10-5-20-16(17)22-14(10)21-11-4-2-3-9-6-23(7-12(18)19)15(25)13(9)11/h2-6,12,25H,7H2,1H3,(H,20,21,22). The Hall–Kier alpha value is -2.74. The number of carbonyl (C=O) groups excluding carboxylic acids is 1. The van der Waals surface area contributed by atoms with Gasteiger partial charge in [-0.1, -0.05) is 12.1 Å². The molecule has 0 aliphatic rings. The summed E-state index contributed by atoms with van der Waals surface area (Å²) in [5.41, 5.74) is 0.619. The normalized spacial score (nSPS) is 11.2. The number of Topliss-reactive ketones (excluding diaryl/α,β-unsaturated/α-hetero) is 1. The molecule has 9 heteroatoms. The Morgan fingerprint density at radius 3 is 2.88 bits per heavy atom. The van der Waals surface area contributed by atoms with Gasteiger partial charge in [-0.25, -0.2) is 13.8 Å². The zero-order valence-electron chi connectivity index (χ0n) is 13.0. The van der Waals surface area contributed by atoms with Gasteiger partial charge < -0.3 is 15.0 Å². The van der Waals surface area contributed by atoms with Crippen molar-refractivity contribution in [2.75, 3.05) is 5.32 Å². The molecule has 3 rings (SSSR count). The number of nitrogens with zero attached hydrogens (tertiary/aromatic N) is 3. The first-order valence-electron chi connectivity index (χ1n) is 7.26. The van der Waals surface area contributed by atoms with Crippen LogP contribution in [-0.2, 0) is 6.54 Å². The average molecular weight is 367 g/mol. The van der Waals surface area contributed by atoms with E-state index >= 15 is 0 Å². The number of anilines is 2. The largest absolute Gasteiger partial charge is 0.494 e. The number of alkyl halides is 2. The van der Waals surface area contributed by atoms with Crippen LogP contribution in [0.5, 0.6) is 5.88 Å². The lowest BCUT2D eigenvalue weighted by Crippen LogP contribution is -2.05. The zero-order chi connectivity index (χ0) is 18.1. The minimum atomic E-state index is -2.60. The second kappa shape index (κ2) is 6.64. The van der Waals surface area contributed by atoms with E-state index in [2.05, 4.69) is 15.3 Å². The monoisotopic (exact) mass is 366 g/mol. The Morgan fingerprint density at radius 2 is 2.20 bits per heavy atom. The molecule has 0 bridgehead atoms. The van der Waals surface area contributed by atoms with Crippen LogP contribution in [0.1, 0.15) is 17.3 Å². The number of hydrogen-bond donors (Lipinski definition) is 2. The summed E-state index contributed by atoms with van der Waals surface area (Å²) in [6.07, 6.45) is 0.122. The van der Waals surface area contributed by atoms with Crippen molar-refractivity contribution in [2.24, 2.45) is 0 Å². The molecule has 0 saturated heterocycles. The van der Waals surface area contributed by atoms with Crippen LogP contribution in [0.3, 0.4) is 0 Å². The van der Waals surface area contributed by atoms with Crippen LogP contribution in [0.4, 0.5) is 20.3 Å². The van der Waals surface area contributed by atoms with Gasteiger partial charge in [-0.15, -0.1) is 0 Å². The Morgan fingerprint density at radius 1 is 1.44 bits per heavy atom. The second-order valence-corrected chi connectivity index (χ2v) is 5.69. The number of carbonyl (C=O) groups is 1. The Kier molecular flexibility index (Phi) is 4.54. The summed E-state index contributed by atoms with van der Waals surface area (Å²) < 4.78 is 26.4. The maximum absolute atomic E-state index is 12.6. The smallest absolute Gasteiger partial charge is 0.256 e. The van der Waals surface area contributed by atoms with Crippen LogP contribution in [0.15, 0.2) is 30.6 Å². The van der Waals surface area contributed by atoms with Gasteiger partial charge in [0.2, 0.25) is 11.2 Å². The Bertz CT molecular complexity index is 959. The predicted octanol–water partition coefficient (Wildman–Crippen LogP) is 4.00. The molecular weight excluding hydrogens is 354 g/mol. The van der Waals surface area contributed by atoms with Gasteiger partial charge in [0.05, 0.1) is 23.2 Å². The minimum absolute atomic E-state index is 0.0563. The summed E-state index contributed by atoms with van der Waals surface area (Å²) in [4.78, 5) is 19.5. The van der Waals surface area contributed by atoms with Crippen LogP contribution in [0.25, 0.3) is 10.8 Å². The maximum atomic E-state index is 12.6. The number of hydrogen-bond acceptors (Lipinski definition) is 5. The van der Waals surface area contributed by atoms with Crippen LogP contribution in [0, 0.1) is 0 Å². The van der Waals surface area contributed by atoms with E-state index in [4.69, 9.17) is 11.6 Å². The lowest BCUT2D eigenvalue weighted by atomic mass is 10.1. The van der Waals surface area contributed by atoms with Crippen molar-refractivity contribution >= 4 is 39.7 Å². The summed E-state index contributed by atoms with van der Waals surface area (Å²) in [7, 11) is 0. The third kappa shape index (κ3) is 3.39. The predicted molar refractivity (Wildman–Crippen MR) is 89.9 cm³/mol. The first-order chi connectivity index (χ1) is 11.9. The molecule has 130 valence electrons. The minimum Gasteiger partial charge on any atom is -0.494 e. The molecule has 0 amide bonds. The molecule has 3 aromatic rings. The van der Waals surface area contributed by atoms with Gasteiger partial charge in [0, 0.05) is 17.8 Å². The zero-order valence-corrected chi connectivity index (χ0v) is 13.8. The van der Waals surface area contributed by atoms with E-state index in [-0.39, 0.29) is 28.3 Å². The molecule has 0 aliphatic carbocycles. The van der Waals surface area contributed by atoms with Crippen molar-refractivity contribution in [2.45, 2.75) is 19.9 Å². The van der Waals surface area contributed by atoms with Crippen LogP contribution >= 0.6 is 11.6 Å². The first-order valence-corrected chi connectivity index (χ1v) is 7.64. The lowest BCUT2D eigenvalue weighted by molar-refractivity contribution is 0.101. The van der Waals surface area contributed by atoms with Gasteiger partial charge in [-0.3, -0.25) is 4.79 Å². The molecule has 2 aromatic heterocycles. The Balaban J connectivity index is 2.10. The number of aromatic nitrogens is 3. The van der Waals surface area contributed by atoms with E-state index in [1.165, 1.54) is 19.3 Å². The fourth-order valence-corrected chi connectivity index (χ4v) is 2.67. The average Bonchev–Trinajstić information content (AvgIpc) is 2.83. The highest BCUT2D eigenvalue weighted by molar-refractivity contribution is 6.28. The third-order valence-electron chi connectivity index (χ3n) is 3.61. The van der Waals surface area contributed by atoms with Crippen LogP contribution in [-0.4, -0.2) is 31.9 Å². The highest BCUT2D eigenvalue weighted by atomic mass is 35.5. The summed E-state index contributed by atoms with van der Waals surface area (Å²) in [6, 6.07) is 5.00. The maximum Gasteiger partial charge on any atom is 0.256 e. The van der Waals surface area contributed by atoms with Gasteiger partial charge in [0.25, 0.3) is 6.43 Å². The van der Waals surface area contributed by atoms with Crippen molar-refractivity contribution in [1.82, 2.24) is 14.5 Å². The topological polar surface area (TPSA) is 80.0 Å². The highest BCUT2D eigenvalue weighted by Crippen LogP contribution is 2.35. The van der Waals surface area contributed by atoms with E-state index in [9.17, 15) is 18.7 Å². The number of fused-ring (bicyclic) bond motifs is 1. The summed E-state index contributed by atoms with van der Waals surface area (Å²) >= 11 is 5.79. The molecule has 2 N–H and O–H groups in total. The van der Waals surface area contributed by atoms with E-state index in [0.717, 1.165) is 4.57 Å². The molecule has 0 radical (unpaired) electrons. The van der Waals surface area contributed by atoms with Gasteiger partial charge >= 0.3 is 0 Å². The summed E-state index contributed by atoms with van der Waals surface area (Å²) in [5, 5.41) is 14.1. The van der Waals surface area contributed by atoms with E-state index in [0.29, 0.717) is 16.5 Å². The van der Waals surface area contributed by atoms with Crippen molar-refractivity contribution < 1.29 is 18.7 Å². The van der Waals surface area contributed by atoms with Gasteiger partial charge in [0.1, 0.15) is 5.82 Å². The molecule has 0 fully saturated rings. The molecule has 6 nitrogen and oxygen atoms in total. The molecular formula is C16H13ClF2N4O2. The molecule has 0 aliphatic heterocycles. The van der Waals surface area contributed by atoms with Gasteiger partial charge in [0.15, 0.2) is 5.78 Å². The van der Waals surface area contributed by atoms with E-state index in [1.54, 1.807) is 18.2 Å². The molecule has 0 unspecified atom stereocenters. The van der Waals surface area contributed by atoms with Crippen molar-refractivity contribution in [3.05, 3.63) is 41.4 Å². The van der Waals surface area contributed by atoms with Gasteiger partial charge in [-0.05, 0) is 24.6 Å². The lowest BCUT2D eigenvalue weighted by Gasteiger charge is -2.11. The molecule has 0 saturated carbocycles. The summed E-state index contributed by atoms with van der Waals surface area (Å²) in [5.74, 6) is -0.408. The first kappa shape index (κ1) is 17.1. The fraction of sp³-hybridized carbons (Fsp3) is 0.188. The molecule has 0 spiro atoms. The number of halogens is 3. The van der Waals surface area contributed by atoms with Crippen molar-refractivity contribution in [3.8, 4) is 5.88 Å². The quantitative estimate of drug-likeness (QED) is 0.527. The number of benzene rings is 1. The van der Waals surface area contributed by atoms with Crippen LogP contribution in [0.2, 0.25) is 5.28 Å². The van der Waals surface area contributed by atoms with Gasteiger partial charge in [-0.2, -0.15) is 4.98 Å². The highest BCUT2D eigenvalue weighted by Gasteiger charge is 2.17. The van der Waals surface area contributed by atoms with Crippen molar-refractivity contribution in [3.63, 3.8) is 0 Å². The Labute approximate surface area is 146 Å². The number of aromatic hydroxyl groups is 1. The number of rotatable bonds is 5. The van der Waals surface area contributed by atoms with E-state index < -0.39 is 13.0 Å².